The summed E-state index contributed by atoms with van der Waals surface area (Å²) in [4.78, 5) is 1.17. The standard InChI is InChI=1S/C14H13BrClNO2S2/c15-10-5-6-13(11(16)8-10)21(18,19)17-14(9-3-4-9)12-2-1-7-20-12/h1-2,5-9,14,17H,3-4H2/t14-/m1/s1. The maximum Gasteiger partial charge on any atom is 0.242 e. The Morgan fingerprint density at radius 1 is 1.33 bits per heavy atom. The van der Waals surface area contributed by atoms with E-state index in [-0.39, 0.29) is 16.0 Å². The van der Waals surface area contributed by atoms with E-state index in [0.717, 1.165) is 22.2 Å². The Kier molecular flexibility index (Phi) is 4.43. The van der Waals surface area contributed by atoms with Crippen LogP contribution >= 0.6 is 38.9 Å². The van der Waals surface area contributed by atoms with Crippen molar-refractivity contribution in [3.8, 4) is 0 Å². The highest BCUT2D eigenvalue weighted by Gasteiger charge is 2.36. The van der Waals surface area contributed by atoms with Crippen molar-refractivity contribution in [3.63, 3.8) is 0 Å². The highest BCUT2D eigenvalue weighted by Crippen LogP contribution is 2.43. The Labute approximate surface area is 141 Å². The Balaban J connectivity index is 1.91. The molecule has 0 radical (unpaired) electrons. The lowest BCUT2D eigenvalue weighted by Gasteiger charge is -2.17. The molecule has 1 aromatic heterocycles. The van der Waals surface area contributed by atoms with Crippen LogP contribution in [0.1, 0.15) is 23.8 Å². The second-order valence-electron chi connectivity index (χ2n) is 5.03. The first kappa shape index (κ1) is 15.5. The van der Waals surface area contributed by atoms with Crippen LogP contribution in [0.5, 0.6) is 0 Å². The van der Waals surface area contributed by atoms with Gasteiger partial charge in [0.2, 0.25) is 10.0 Å². The van der Waals surface area contributed by atoms with Crippen LogP contribution < -0.4 is 4.72 Å². The first-order valence-corrected chi connectivity index (χ1v) is 10.0. The van der Waals surface area contributed by atoms with E-state index in [4.69, 9.17) is 11.6 Å². The average Bonchev–Trinajstić information content (AvgIpc) is 3.10. The highest BCUT2D eigenvalue weighted by molar-refractivity contribution is 9.10. The monoisotopic (exact) mass is 405 g/mol. The van der Waals surface area contributed by atoms with Crippen molar-refractivity contribution in [1.29, 1.82) is 0 Å². The molecule has 1 aliphatic carbocycles. The predicted molar refractivity (Wildman–Crippen MR) is 89.3 cm³/mol. The van der Waals surface area contributed by atoms with Gasteiger partial charge in [0.15, 0.2) is 0 Å². The molecule has 0 bridgehead atoms. The van der Waals surface area contributed by atoms with Crippen LogP contribution in [0.2, 0.25) is 5.02 Å². The Bertz CT molecular complexity index is 742. The molecule has 3 nitrogen and oxygen atoms in total. The van der Waals surface area contributed by atoms with E-state index in [1.165, 1.54) is 6.07 Å². The molecule has 3 rings (SSSR count). The number of halogens is 2. The van der Waals surface area contributed by atoms with Crippen LogP contribution in [-0.4, -0.2) is 8.42 Å². The van der Waals surface area contributed by atoms with Crippen molar-refractivity contribution in [2.75, 3.05) is 0 Å². The molecule has 0 saturated heterocycles. The number of thiophene rings is 1. The second-order valence-corrected chi connectivity index (χ2v) is 9.01. The minimum atomic E-state index is -3.63. The van der Waals surface area contributed by atoms with Crippen molar-refractivity contribution in [1.82, 2.24) is 4.72 Å². The van der Waals surface area contributed by atoms with Crippen LogP contribution in [0.15, 0.2) is 45.1 Å². The average molecular weight is 407 g/mol. The third-order valence-electron chi connectivity index (χ3n) is 3.41. The number of nitrogens with one attached hydrogen (secondary N) is 1. The molecule has 1 aliphatic rings. The molecular formula is C14H13BrClNO2S2. The molecular weight excluding hydrogens is 394 g/mol. The summed E-state index contributed by atoms with van der Waals surface area (Å²) >= 11 is 10.9. The van der Waals surface area contributed by atoms with E-state index in [0.29, 0.717) is 5.92 Å². The summed E-state index contributed by atoms with van der Waals surface area (Å²) in [5.74, 6) is 0.382. The minimum absolute atomic E-state index is 0.120. The fraction of sp³-hybridized carbons (Fsp3) is 0.286. The fourth-order valence-corrected chi connectivity index (χ4v) is 5.47. The molecule has 1 saturated carbocycles. The number of rotatable bonds is 5. The van der Waals surface area contributed by atoms with Crippen molar-refractivity contribution < 1.29 is 8.42 Å². The van der Waals surface area contributed by atoms with Crippen molar-refractivity contribution in [2.24, 2.45) is 5.92 Å². The lowest BCUT2D eigenvalue weighted by atomic mass is 10.2. The molecule has 0 amide bonds. The van der Waals surface area contributed by atoms with Gasteiger partial charge in [0, 0.05) is 9.35 Å². The van der Waals surface area contributed by atoms with Crippen molar-refractivity contribution >= 4 is 48.9 Å². The first-order chi connectivity index (χ1) is 9.97. The second kappa shape index (κ2) is 6.01. The van der Waals surface area contributed by atoms with Gasteiger partial charge in [-0.2, -0.15) is 0 Å². The number of hydrogen-bond donors (Lipinski definition) is 1. The molecule has 1 atom stereocenters. The number of sulfonamides is 1. The lowest BCUT2D eigenvalue weighted by Crippen LogP contribution is -2.29. The molecule has 0 spiro atoms. The molecule has 2 aromatic rings. The van der Waals surface area contributed by atoms with E-state index < -0.39 is 10.0 Å². The van der Waals surface area contributed by atoms with Crippen LogP contribution in [0, 0.1) is 5.92 Å². The first-order valence-electron chi connectivity index (χ1n) is 6.48. The van der Waals surface area contributed by atoms with Gasteiger partial charge in [-0.3, -0.25) is 0 Å². The SMILES string of the molecule is O=S(=O)(N[C@@H](c1cccs1)C1CC1)c1ccc(Br)cc1Cl. The Morgan fingerprint density at radius 2 is 2.10 bits per heavy atom. The summed E-state index contributed by atoms with van der Waals surface area (Å²) in [6.07, 6.45) is 2.11. The summed E-state index contributed by atoms with van der Waals surface area (Å²) in [6.45, 7) is 0. The molecule has 112 valence electrons. The third-order valence-corrected chi connectivity index (χ3v) is 6.78. The molecule has 7 heteroatoms. The molecule has 1 heterocycles. The zero-order chi connectivity index (χ0) is 15.0. The molecule has 0 unspecified atom stereocenters. The van der Waals surface area contributed by atoms with E-state index in [9.17, 15) is 8.42 Å². The van der Waals surface area contributed by atoms with Gasteiger partial charge in [0.05, 0.1) is 11.1 Å². The van der Waals surface area contributed by atoms with Gasteiger partial charge in [-0.05, 0) is 48.4 Å². The quantitative estimate of drug-likeness (QED) is 0.789. The van der Waals surface area contributed by atoms with Crippen LogP contribution in [0.3, 0.4) is 0 Å². The Hall–Kier alpha value is -0.400. The van der Waals surface area contributed by atoms with Gasteiger partial charge in [-0.1, -0.05) is 33.6 Å². The maximum atomic E-state index is 12.6. The minimum Gasteiger partial charge on any atom is -0.207 e. The van der Waals surface area contributed by atoms with E-state index in [1.54, 1.807) is 23.5 Å². The van der Waals surface area contributed by atoms with Gasteiger partial charge in [0.25, 0.3) is 0 Å². The van der Waals surface area contributed by atoms with Crippen molar-refractivity contribution in [2.45, 2.75) is 23.8 Å². The van der Waals surface area contributed by atoms with Crippen LogP contribution in [0.25, 0.3) is 0 Å². The lowest BCUT2D eigenvalue weighted by molar-refractivity contribution is 0.533. The van der Waals surface area contributed by atoms with E-state index in [2.05, 4.69) is 20.7 Å². The van der Waals surface area contributed by atoms with Crippen LogP contribution in [0.4, 0.5) is 0 Å². The van der Waals surface area contributed by atoms with Gasteiger partial charge < -0.3 is 0 Å². The van der Waals surface area contributed by atoms with Crippen LogP contribution in [-0.2, 0) is 10.0 Å². The predicted octanol–water partition coefficient (Wildman–Crippen LogP) is 4.59. The highest BCUT2D eigenvalue weighted by atomic mass is 79.9. The maximum absolute atomic E-state index is 12.6. The third kappa shape index (κ3) is 3.51. The normalized spacial score (nSPS) is 16.9. The number of benzene rings is 1. The van der Waals surface area contributed by atoms with Gasteiger partial charge in [-0.25, -0.2) is 13.1 Å². The topological polar surface area (TPSA) is 46.2 Å². The zero-order valence-electron chi connectivity index (χ0n) is 10.9. The summed E-state index contributed by atoms with van der Waals surface area (Å²) in [6, 6.07) is 8.54. The zero-order valence-corrected chi connectivity index (χ0v) is 14.9. The summed E-state index contributed by atoms with van der Waals surface area (Å²) in [5.41, 5.74) is 0. The van der Waals surface area contributed by atoms with E-state index in [1.807, 2.05) is 17.5 Å². The Morgan fingerprint density at radius 3 is 2.67 bits per heavy atom. The molecule has 1 aromatic carbocycles. The molecule has 21 heavy (non-hydrogen) atoms. The summed E-state index contributed by atoms with van der Waals surface area (Å²) in [7, 11) is -3.63. The molecule has 1 N–H and O–H groups in total. The molecule has 0 aliphatic heterocycles. The van der Waals surface area contributed by atoms with E-state index >= 15 is 0 Å². The largest absolute Gasteiger partial charge is 0.242 e. The van der Waals surface area contributed by atoms with Gasteiger partial charge in [-0.15, -0.1) is 11.3 Å². The fourth-order valence-electron chi connectivity index (χ4n) is 2.21. The van der Waals surface area contributed by atoms with Gasteiger partial charge in [0.1, 0.15) is 4.90 Å². The van der Waals surface area contributed by atoms with Crippen molar-refractivity contribution in [3.05, 3.63) is 50.1 Å². The van der Waals surface area contributed by atoms with Gasteiger partial charge >= 0.3 is 0 Å². The summed E-state index contributed by atoms with van der Waals surface area (Å²) in [5, 5.41) is 2.18. The summed E-state index contributed by atoms with van der Waals surface area (Å²) < 4.78 is 28.8. The number of hydrogen-bond acceptors (Lipinski definition) is 3. The smallest absolute Gasteiger partial charge is 0.207 e. The molecule has 1 fully saturated rings.